The van der Waals surface area contributed by atoms with Crippen LogP contribution in [0.25, 0.3) is 11.0 Å². The second-order valence-corrected chi connectivity index (χ2v) is 8.81. The van der Waals surface area contributed by atoms with Crippen LogP contribution in [-0.4, -0.2) is 77.0 Å². The van der Waals surface area contributed by atoms with Gasteiger partial charge in [0.25, 0.3) is 17.6 Å². The SMILES string of the molecule is CCl.CCn1c(CNC(=O)c2nc(Cl)cnc2N)[n+](CC)c2ccc(C(=O)NCCN3CCOCC3)cc21. The number of fused-ring (bicyclic) bond motifs is 1. The highest BCUT2D eigenvalue weighted by molar-refractivity contribution is 6.29. The molecule has 2 aromatic heterocycles. The van der Waals surface area contributed by atoms with Crippen molar-refractivity contribution in [3.63, 3.8) is 0 Å². The highest BCUT2D eigenvalue weighted by Gasteiger charge is 2.25. The number of hydrogen-bond donors (Lipinski definition) is 3. The van der Waals surface area contributed by atoms with Gasteiger partial charge in [-0.15, -0.1) is 11.6 Å². The number of hydrogen-bond acceptors (Lipinski definition) is 7. The molecule has 0 bridgehead atoms. The lowest BCUT2D eigenvalue weighted by Gasteiger charge is -2.26. The number of nitrogen functional groups attached to an aromatic ring is 1. The molecule has 0 aliphatic carbocycles. The highest BCUT2D eigenvalue weighted by atomic mass is 35.5. The van der Waals surface area contributed by atoms with Crippen molar-refractivity contribution in [2.24, 2.45) is 0 Å². The fourth-order valence-corrected chi connectivity index (χ4v) is 4.60. The van der Waals surface area contributed by atoms with Gasteiger partial charge >= 0.3 is 0 Å². The Hall–Kier alpha value is -2.99. The Morgan fingerprint density at radius 2 is 1.89 bits per heavy atom. The van der Waals surface area contributed by atoms with E-state index in [0.29, 0.717) is 25.2 Å². The maximum atomic E-state index is 12.9. The zero-order valence-electron chi connectivity index (χ0n) is 22.0. The van der Waals surface area contributed by atoms with Crippen LogP contribution in [0.2, 0.25) is 5.15 Å². The van der Waals surface area contributed by atoms with Crippen LogP contribution in [0.5, 0.6) is 0 Å². The van der Waals surface area contributed by atoms with Crippen molar-refractivity contribution in [2.45, 2.75) is 33.5 Å². The summed E-state index contributed by atoms with van der Waals surface area (Å²) in [6.45, 7) is 10.3. The Balaban J connectivity index is 0.00000195. The summed E-state index contributed by atoms with van der Waals surface area (Å²) in [5.41, 5.74) is 8.29. The third-order valence-corrected chi connectivity index (χ3v) is 6.47. The minimum Gasteiger partial charge on any atom is -0.382 e. The number of halogens is 2. The summed E-state index contributed by atoms with van der Waals surface area (Å²) in [5, 5.41) is 5.99. The summed E-state index contributed by atoms with van der Waals surface area (Å²) in [4.78, 5) is 35.8. The van der Waals surface area contributed by atoms with Crippen molar-refractivity contribution in [2.75, 3.05) is 51.5 Å². The standard InChI is InChI=1S/C24H31ClN8O3.CH3Cl/c1-3-32-17-6-5-16(23(34)27-7-8-31-9-11-36-12-10-31)13-18(17)33(4-2)20(32)15-29-24(35)21-22(26)28-14-19(25)30-21;1-2/h5-6,13-14H,3-4,7-12,15H2,1-2H3,(H3-,26,27,28,29,34,35);1H3/p+1. The molecule has 11 nitrogen and oxygen atoms in total. The fourth-order valence-electron chi connectivity index (χ4n) is 4.47. The number of anilines is 1. The van der Waals surface area contributed by atoms with Crippen molar-refractivity contribution in [3.05, 3.63) is 46.6 Å². The minimum atomic E-state index is -0.460. The van der Waals surface area contributed by atoms with Gasteiger partial charge in [0.15, 0.2) is 22.5 Å². The number of rotatable bonds is 9. The lowest BCUT2D eigenvalue weighted by molar-refractivity contribution is -0.676. The number of nitrogens with two attached hydrogens (primary N) is 1. The van der Waals surface area contributed by atoms with Crippen LogP contribution >= 0.6 is 23.2 Å². The second kappa shape index (κ2) is 14.2. The normalized spacial score (nSPS) is 13.6. The molecule has 4 N–H and O–H groups in total. The van der Waals surface area contributed by atoms with Gasteiger partial charge in [0.05, 0.1) is 32.5 Å². The van der Waals surface area contributed by atoms with E-state index in [1.807, 2.05) is 32.0 Å². The number of amides is 2. The van der Waals surface area contributed by atoms with Gasteiger partial charge in [-0.2, -0.15) is 0 Å². The van der Waals surface area contributed by atoms with Crippen molar-refractivity contribution in [1.29, 1.82) is 0 Å². The van der Waals surface area contributed by atoms with Crippen molar-refractivity contribution < 1.29 is 18.9 Å². The van der Waals surface area contributed by atoms with Crippen molar-refractivity contribution >= 4 is 51.9 Å². The third kappa shape index (κ3) is 6.90. The molecule has 1 aliphatic rings. The number of nitrogens with zero attached hydrogens (tertiary/aromatic N) is 5. The van der Waals surface area contributed by atoms with Gasteiger partial charge in [0.2, 0.25) is 0 Å². The van der Waals surface area contributed by atoms with E-state index >= 15 is 0 Å². The number of ether oxygens (including phenoxy) is 1. The van der Waals surface area contributed by atoms with E-state index in [2.05, 4.69) is 46.2 Å². The molecule has 2 amide bonds. The maximum Gasteiger partial charge on any atom is 0.277 e. The molecule has 4 rings (SSSR count). The number of nitrogens with one attached hydrogen (secondary N) is 2. The van der Waals surface area contributed by atoms with E-state index < -0.39 is 5.91 Å². The van der Waals surface area contributed by atoms with Gasteiger partial charge in [-0.05, 0) is 26.0 Å². The molecular weight excluding hydrogens is 531 g/mol. The third-order valence-electron chi connectivity index (χ3n) is 6.29. The number of carbonyl (C=O) groups excluding carboxylic acids is 2. The van der Waals surface area contributed by atoms with Gasteiger partial charge in [-0.1, -0.05) is 11.6 Å². The zero-order chi connectivity index (χ0) is 27.7. The van der Waals surface area contributed by atoms with Gasteiger partial charge in [0, 0.05) is 44.2 Å². The molecule has 1 aliphatic heterocycles. The van der Waals surface area contributed by atoms with Crippen LogP contribution in [0.3, 0.4) is 0 Å². The van der Waals surface area contributed by atoms with Gasteiger partial charge in [-0.25, -0.2) is 19.1 Å². The lowest BCUT2D eigenvalue weighted by atomic mass is 10.2. The average Bonchev–Trinajstić information content (AvgIpc) is 3.26. The maximum absolute atomic E-state index is 12.9. The topological polar surface area (TPSA) is 131 Å². The Morgan fingerprint density at radius 1 is 1.16 bits per heavy atom. The molecule has 1 saturated heterocycles. The number of aryl methyl sites for hydroxylation is 2. The Morgan fingerprint density at radius 3 is 2.58 bits per heavy atom. The molecule has 38 heavy (non-hydrogen) atoms. The first-order chi connectivity index (χ1) is 18.4. The number of morpholine rings is 1. The largest absolute Gasteiger partial charge is 0.382 e. The van der Waals surface area contributed by atoms with E-state index in [0.717, 1.165) is 49.7 Å². The molecule has 0 atom stereocenters. The summed E-state index contributed by atoms with van der Waals surface area (Å²) in [5.74, 6) is 0.336. The van der Waals surface area contributed by atoms with Gasteiger partial charge in [0.1, 0.15) is 11.7 Å². The van der Waals surface area contributed by atoms with Crippen molar-refractivity contribution in [1.82, 2.24) is 30.1 Å². The summed E-state index contributed by atoms with van der Waals surface area (Å²) in [6.07, 6.45) is 2.77. The number of benzene rings is 1. The Kier molecular flexibility index (Phi) is 11.1. The molecule has 1 fully saturated rings. The first-order valence-electron chi connectivity index (χ1n) is 12.5. The quantitative estimate of drug-likeness (QED) is 0.266. The van der Waals surface area contributed by atoms with Crippen LogP contribution < -0.4 is 20.9 Å². The highest BCUT2D eigenvalue weighted by Crippen LogP contribution is 2.18. The zero-order valence-corrected chi connectivity index (χ0v) is 23.5. The van der Waals surface area contributed by atoms with Crippen LogP contribution in [-0.2, 0) is 24.4 Å². The molecule has 0 unspecified atom stereocenters. The number of carbonyl (C=O) groups is 2. The van der Waals surface area contributed by atoms with Crippen LogP contribution in [0.15, 0.2) is 24.4 Å². The summed E-state index contributed by atoms with van der Waals surface area (Å²) in [7, 11) is 0. The summed E-state index contributed by atoms with van der Waals surface area (Å²) >= 11 is 10.5. The molecule has 0 spiro atoms. The number of imidazole rings is 1. The molecule has 1 aromatic carbocycles. The van der Waals surface area contributed by atoms with E-state index in [1.54, 1.807) is 0 Å². The van der Waals surface area contributed by atoms with Gasteiger partial charge in [-0.3, -0.25) is 14.5 Å². The monoisotopic (exact) mass is 565 g/mol. The molecular formula is C25H35Cl2N8O3+. The first kappa shape index (κ1) is 29.6. The average molecular weight is 567 g/mol. The molecule has 0 radical (unpaired) electrons. The number of alkyl halides is 1. The fraction of sp³-hybridized carbons (Fsp3) is 0.480. The second-order valence-electron chi connectivity index (χ2n) is 8.43. The molecule has 3 heterocycles. The van der Waals surface area contributed by atoms with Gasteiger partial charge < -0.3 is 21.1 Å². The number of aromatic nitrogens is 4. The summed E-state index contributed by atoms with van der Waals surface area (Å²) < 4.78 is 9.58. The Labute approximate surface area is 232 Å². The first-order valence-corrected chi connectivity index (χ1v) is 13.6. The Bertz CT molecular complexity index is 1260. The van der Waals surface area contributed by atoms with E-state index in [-0.39, 0.29) is 29.1 Å². The molecule has 206 valence electrons. The van der Waals surface area contributed by atoms with E-state index in [4.69, 9.17) is 22.1 Å². The van der Waals surface area contributed by atoms with E-state index in [9.17, 15) is 9.59 Å². The lowest BCUT2D eigenvalue weighted by Crippen LogP contribution is -2.41. The smallest absolute Gasteiger partial charge is 0.277 e. The molecule has 3 aromatic rings. The summed E-state index contributed by atoms with van der Waals surface area (Å²) in [6, 6.07) is 5.69. The molecule has 13 heteroatoms. The predicted octanol–water partition coefficient (Wildman–Crippen LogP) is 1.84. The minimum absolute atomic E-state index is 0.0132. The van der Waals surface area contributed by atoms with E-state index in [1.165, 1.54) is 12.6 Å². The predicted molar refractivity (Wildman–Crippen MR) is 147 cm³/mol. The van der Waals surface area contributed by atoms with Crippen LogP contribution in [0.4, 0.5) is 5.82 Å². The van der Waals surface area contributed by atoms with Crippen LogP contribution in [0.1, 0.15) is 40.5 Å². The van der Waals surface area contributed by atoms with Crippen molar-refractivity contribution in [3.8, 4) is 0 Å². The van der Waals surface area contributed by atoms with Crippen LogP contribution in [0, 0.1) is 0 Å². The molecule has 0 saturated carbocycles.